The molecule has 2 aromatic heterocycles. The van der Waals surface area contributed by atoms with Gasteiger partial charge in [0.2, 0.25) is 0 Å². The van der Waals surface area contributed by atoms with Gasteiger partial charge in [-0.05, 0) is 18.2 Å². The molecule has 0 aliphatic carbocycles. The number of benzene rings is 2. The molecule has 18 heavy (non-hydrogen) atoms. The summed E-state index contributed by atoms with van der Waals surface area (Å²) in [6.07, 6.45) is 0. The van der Waals surface area contributed by atoms with Gasteiger partial charge in [-0.3, -0.25) is 0 Å². The molecule has 0 aliphatic rings. The molecule has 5 heteroatoms. The highest BCUT2D eigenvalue weighted by molar-refractivity contribution is 7.28. The lowest BCUT2D eigenvalue weighted by atomic mass is 10.1. The van der Waals surface area contributed by atoms with Gasteiger partial charge in [0.25, 0.3) is 0 Å². The topological polar surface area (TPSA) is 12.9 Å². The molecule has 0 bridgehead atoms. The molecule has 0 N–H and O–H groups in total. The van der Waals surface area contributed by atoms with Gasteiger partial charge >= 0.3 is 0 Å². The molecule has 2 aromatic carbocycles. The van der Waals surface area contributed by atoms with E-state index < -0.39 is 0 Å². The molecule has 0 radical (unpaired) electrons. The molecular weight excluding hydrogens is 305 g/mol. The Morgan fingerprint density at radius 2 is 1.83 bits per heavy atom. The fraction of sp³-hybridized carbons (Fsp3) is 0. The van der Waals surface area contributed by atoms with Crippen LogP contribution in [0.4, 0.5) is 0 Å². The first-order chi connectivity index (χ1) is 8.74. The van der Waals surface area contributed by atoms with Crippen LogP contribution in [-0.2, 0) is 0 Å². The predicted octanol–water partition coefficient (Wildman–Crippen LogP) is 5.97. The highest BCUT2D eigenvalue weighted by Gasteiger charge is 2.13. The largest absolute Gasteiger partial charge is 0.225 e. The van der Waals surface area contributed by atoms with Gasteiger partial charge in [-0.15, -0.1) is 22.7 Å². The van der Waals surface area contributed by atoms with Crippen LogP contribution in [-0.4, -0.2) is 4.98 Å². The first-order valence-corrected chi connectivity index (χ1v) is 7.69. The molecule has 0 saturated heterocycles. The first kappa shape index (κ1) is 11.0. The van der Waals surface area contributed by atoms with Crippen molar-refractivity contribution in [3.05, 3.63) is 39.8 Å². The van der Waals surface area contributed by atoms with Gasteiger partial charge in [0.05, 0.1) is 19.9 Å². The lowest BCUT2D eigenvalue weighted by Crippen LogP contribution is -1.69. The molecule has 1 nitrogen and oxygen atoms in total. The Morgan fingerprint density at radius 1 is 0.944 bits per heavy atom. The molecule has 0 spiro atoms. The van der Waals surface area contributed by atoms with Crippen LogP contribution in [0.2, 0.25) is 9.49 Å². The third-order valence-corrected chi connectivity index (χ3v) is 5.77. The average molecular weight is 310 g/mol. The Labute approximate surface area is 121 Å². The summed E-state index contributed by atoms with van der Waals surface area (Å²) in [5.41, 5.74) is 0.956. The van der Waals surface area contributed by atoms with Crippen LogP contribution < -0.4 is 0 Å². The maximum atomic E-state index is 6.26. The number of thiazole rings is 1. The van der Waals surface area contributed by atoms with E-state index in [4.69, 9.17) is 23.2 Å². The summed E-state index contributed by atoms with van der Waals surface area (Å²) in [5.74, 6) is 0. The van der Waals surface area contributed by atoms with E-state index in [0.717, 1.165) is 19.9 Å². The number of fused-ring (bicyclic) bond motifs is 5. The maximum absolute atomic E-state index is 6.26. The van der Waals surface area contributed by atoms with Crippen LogP contribution >= 0.6 is 45.9 Å². The lowest BCUT2D eigenvalue weighted by molar-refractivity contribution is 1.51. The smallest absolute Gasteiger partial charge is 0.184 e. The van der Waals surface area contributed by atoms with Crippen molar-refractivity contribution in [3.8, 4) is 0 Å². The Hall–Kier alpha value is -0.870. The minimum absolute atomic E-state index is 0.582. The molecule has 4 aromatic rings. The van der Waals surface area contributed by atoms with Crippen LogP contribution in [0.15, 0.2) is 30.3 Å². The number of rotatable bonds is 0. The summed E-state index contributed by atoms with van der Waals surface area (Å²) in [7, 11) is 0. The summed E-state index contributed by atoms with van der Waals surface area (Å²) in [4.78, 5) is 4.33. The molecule has 2 heterocycles. The third-order valence-electron chi connectivity index (χ3n) is 2.94. The molecule has 0 aliphatic heterocycles. The van der Waals surface area contributed by atoms with Crippen molar-refractivity contribution < 1.29 is 0 Å². The van der Waals surface area contributed by atoms with Crippen LogP contribution in [0.5, 0.6) is 0 Å². The van der Waals surface area contributed by atoms with Crippen molar-refractivity contribution in [1.29, 1.82) is 0 Å². The van der Waals surface area contributed by atoms with Gasteiger partial charge in [0.15, 0.2) is 4.47 Å². The zero-order chi connectivity index (χ0) is 12.3. The molecule has 0 saturated carbocycles. The highest BCUT2D eigenvalue weighted by Crippen LogP contribution is 2.43. The number of hydrogen-bond donors (Lipinski definition) is 0. The zero-order valence-corrected chi connectivity index (χ0v) is 12.1. The van der Waals surface area contributed by atoms with E-state index in [-0.39, 0.29) is 0 Å². The number of nitrogens with zero attached hydrogens (tertiary/aromatic N) is 1. The van der Waals surface area contributed by atoms with E-state index in [1.54, 1.807) is 11.3 Å². The molecule has 0 atom stereocenters. The summed E-state index contributed by atoms with van der Waals surface area (Å²) < 4.78 is 4.09. The Kier molecular flexibility index (Phi) is 2.33. The zero-order valence-electron chi connectivity index (χ0n) is 8.91. The van der Waals surface area contributed by atoms with Gasteiger partial charge in [-0.2, -0.15) is 0 Å². The van der Waals surface area contributed by atoms with Crippen molar-refractivity contribution >= 4 is 76.3 Å². The summed E-state index contributed by atoms with van der Waals surface area (Å²) in [6, 6.07) is 10.1. The van der Waals surface area contributed by atoms with Crippen LogP contribution in [0, 0.1) is 0 Å². The van der Waals surface area contributed by atoms with Gasteiger partial charge in [-0.1, -0.05) is 35.3 Å². The Balaban J connectivity index is 2.36. The van der Waals surface area contributed by atoms with Crippen molar-refractivity contribution in [2.24, 2.45) is 0 Å². The van der Waals surface area contributed by atoms with Crippen LogP contribution in [0.3, 0.4) is 0 Å². The fourth-order valence-electron chi connectivity index (χ4n) is 2.21. The SMILES string of the molecule is Clc1nc2ccc3sc4c(Cl)cccc4c3c2s1. The minimum Gasteiger partial charge on any atom is -0.225 e. The normalized spacial score (nSPS) is 11.9. The number of hydrogen-bond acceptors (Lipinski definition) is 3. The number of thiophene rings is 1. The fourth-order valence-corrected chi connectivity index (χ4v) is 4.85. The second kappa shape index (κ2) is 3.81. The average Bonchev–Trinajstić information content (AvgIpc) is 2.88. The molecule has 4 rings (SSSR count). The maximum Gasteiger partial charge on any atom is 0.184 e. The molecular formula is C13H5Cl2NS2. The summed E-state index contributed by atoms with van der Waals surface area (Å²) >= 11 is 15.5. The van der Waals surface area contributed by atoms with E-state index >= 15 is 0 Å². The van der Waals surface area contributed by atoms with Crippen molar-refractivity contribution in [1.82, 2.24) is 4.98 Å². The lowest BCUT2D eigenvalue weighted by Gasteiger charge is -1.94. The summed E-state index contributed by atoms with van der Waals surface area (Å²) in [5, 5.41) is 3.21. The number of aromatic nitrogens is 1. The first-order valence-electron chi connectivity index (χ1n) is 5.30. The third kappa shape index (κ3) is 1.42. The van der Waals surface area contributed by atoms with Crippen LogP contribution in [0.1, 0.15) is 0 Å². The van der Waals surface area contributed by atoms with Gasteiger partial charge < -0.3 is 0 Å². The quantitative estimate of drug-likeness (QED) is 0.390. The van der Waals surface area contributed by atoms with Crippen molar-refractivity contribution in [3.63, 3.8) is 0 Å². The van der Waals surface area contributed by atoms with E-state index in [2.05, 4.69) is 17.1 Å². The van der Waals surface area contributed by atoms with E-state index in [9.17, 15) is 0 Å². The van der Waals surface area contributed by atoms with Crippen LogP contribution in [0.25, 0.3) is 30.4 Å². The minimum atomic E-state index is 0.582. The second-order valence-electron chi connectivity index (χ2n) is 3.97. The van der Waals surface area contributed by atoms with Gasteiger partial charge in [-0.25, -0.2) is 4.98 Å². The molecule has 0 amide bonds. The van der Waals surface area contributed by atoms with Crippen molar-refractivity contribution in [2.75, 3.05) is 0 Å². The summed E-state index contributed by atoms with van der Waals surface area (Å²) in [6.45, 7) is 0. The highest BCUT2D eigenvalue weighted by atomic mass is 35.5. The van der Waals surface area contributed by atoms with E-state index in [0.29, 0.717) is 4.47 Å². The monoisotopic (exact) mass is 309 g/mol. The van der Waals surface area contributed by atoms with Crippen molar-refractivity contribution in [2.45, 2.75) is 0 Å². The standard InChI is InChI=1S/C13H5Cl2NS2/c14-7-3-1-2-6-10-9(17-11(6)7)5-4-8-12(10)18-13(15)16-8/h1-5H. The Morgan fingerprint density at radius 3 is 2.72 bits per heavy atom. The van der Waals surface area contributed by atoms with E-state index in [1.165, 1.54) is 26.8 Å². The molecule has 0 fully saturated rings. The molecule has 88 valence electrons. The van der Waals surface area contributed by atoms with Gasteiger partial charge in [0, 0.05) is 15.5 Å². The second-order valence-corrected chi connectivity index (χ2v) is 7.01. The predicted molar refractivity (Wildman–Crippen MR) is 82.5 cm³/mol. The Bertz CT molecular complexity index is 907. The molecule has 0 unspecified atom stereocenters. The van der Waals surface area contributed by atoms with Gasteiger partial charge in [0.1, 0.15) is 0 Å². The number of halogens is 2. The van der Waals surface area contributed by atoms with E-state index in [1.807, 2.05) is 18.2 Å².